The Balaban J connectivity index is 3.94. The van der Waals surface area contributed by atoms with Gasteiger partial charge in [0.1, 0.15) is 6.61 Å². The second-order valence-electron chi connectivity index (χ2n) is 16.3. The summed E-state index contributed by atoms with van der Waals surface area (Å²) in [6.45, 7) is 3.77. The lowest BCUT2D eigenvalue weighted by molar-refractivity contribution is -0.161. The van der Waals surface area contributed by atoms with E-state index in [9.17, 15) is 19.0 Å². The van der Waals surface area contributed by atoms with Crippen LogP contribution in [0, 0.1) is 0 Å². The number of carbonyl (C=O) groups is 2. The molecule has 0 amide bonds. The molecule has 0 bridgehead atoms. The molecule has 0 aliphatic heterocycles. The van der Waals surface area contributed by atoms with Gasteiger partial charge in [-0.2, -0.15) is 0 Å². The van der Waals surface area contributed by atoms with Crippen molar-refractivity contribution in [1.82, 2.24) is 0 Å². The Hall–Kier alpha value is -0.990. The number of unbranched alkanes of at least 4 members (excludes halogenated alkanes) is 33. The topological polar surface area (TPSA) is 134 Å². The molecule has 10 heteroatoms. The van der Waals surface area contributed by atoms with Gasteiger partial charge in [-0.15, -0.1) is 0 Å². The summed E-state index contributed by atoms with van der Waals surface area (Å²) in [5, 5.41) is 0. The van der Waals surface area contributed by atoms with Crippen molar-refractivity contribution in [2.24, 2.45) is 5.73 Å². The number of ether oxygens (including phenoxy) is 2. The zero-order chi connectivity index (χ0) is 41.1. The summed E-state index contributed by atoms with van der Waals surface area (Å²) >= 11 is 0. The predicted octanol–water partition coefficient (Wildman–Crippen LogP) is 14.0. The lowest BCUT2D eigenvalue weighted by Crippen LogP contribution is -2.29. The molecule has 2 unspecified atom stereocenters. The number of rotatable bonds is 46. The van der Waals surface area contributed by atoms with Crippen LogP contribution in [0.2, 0.25) is 0 Å². The molecule has 0 saturated carbocycles. The Morgan fingerprint density at radius 2 is 0.768 bits per heavy atom. The molecule has 0 aliphatic rings. The van der Waals surface area contributed by atoms with Crippen LogP contribution < -0.4 is 5.73 Å². The summed E-state index contributed by atoms with van der Waals surface area (Å²) in [6, 6.07) is 0. The van der Waals surface area contributed by atoms with Gasteiger partial charge >= 0.3 is 19.8 Å². The predicted molar refractivity (Wildman–Crippen MR) is 234 cm³/mol. The van der Waals surface area contributed by atoms with Crippen LogP contribution >= 0.6 is 7.82 Å². The van der Waals surface area contributed by atoms with Gasteiger partial charge in [-0.1, -0.05) is 226 Å². The van der Waals surface area contributed by atoms with Crippen molar-refractivity contribution >= 4 is 19.8 Å². The van der Waals surface area contributed by atoms with Gasteiger partial charge in [-0.05, 0) is 12.8 Å². The van der Waals surface area contributed by atoms with Crippen LogP contribution in [-0.4, -0.2) is 49.3 Å². The highest BCUT2D eigenvalue weighted by atomic mass is 31.2. The summed E-state index contributed by atoms with van der Waals surface area (Å²) in [6.07, 6.45) is 44.3. The Labute approximate surface area is 346 Å². The van der Waals surface area contributed by atoms with Crippen LogP contribution in [0.15, 0.2) is 0 Å². The highest BCUT2D eigenvalue weighted by Crippen LogP contribution is 2.43. The number of phosphoric acid groups is 1. The average molecular weight is 818 g/mol. The van der Waals surface area contributed by atoms with Crippen LogP contribution in [0.5, 0.6) is 0 Å². The molecule has 3 N–H and O–H groups in total. The first-order valence-corrected chi connectivity index (χ1v) is 25.5. The van der Waals surface area contributed by atoms with E-state index in [2.05, 4.69) is 13.8 Å². The lowest BCUT2D eigenvalue weighted by Gasteiger charge is -2.19. The van der Waals surface area contributed by atoms with Crippen molar-refractivity contribution in [3.8, 4) is 0 Å². The zero-order valence-electron chi connectivity index (χ0n) is 36.9. The molecule has 0 aromatic rings. The molecular formula is C46H92NO8P. The molecule has 0 fully saturated rings. The lowest BCUT2D eigenvalue weighted by atomic mass is 10.0. The second kappa shape index (κ2) is 43.6. The van der Waals surface area contributed by atoms with Gasteiger partial charge in [0.15, 0.2) is 6.10 Å². The third kappa shape index (κ3) is 42.6. The van der Waals surface area contributed by atoms with E-state index >= 15 is 0 Å². The number of carbonyl (C=O) groups excluding carboxylic acids is 2. The maximum Gasteiger partial charge on any atom is 0.472 e. The first-order chi connectivity index (χ1) is 27.3. The first-order valence-electron chi connectivity index (χ1n) is 24.0. The van der Waals surface area contributed by atoms with Gasteiger partial charge in [0.05, 0.1) is 13.2 Å². The third-order valence-corrected chi connectivity index (χ3v) is 11.7. The normalized spacial score (nSPS) is 13.1. The molecule has 0 spiro atoms. The molecule has 0 heterocycles. The van der Waals surface area contributed by atoms with Gasteiger partial charge in [0.25, 0.3) is 0 Å². The number of hydrogen-bond acceptors (Lipinski definition) is 8. The Morgan fingerprint density at radius 1 is 0.464 bits per heavy atom. The van der Waals surface area contributed by atoms with Crippen LogP contribution in [0.25, 0.3) is 0 Å². The van der Waals surface area contributed by atoms with E-state index in [1.807, 2.05) is 0 Å². The van der Waals surface area contributed by atoms with Gasteiger partial charge in [0, 0.05) is 19.4 Å². The molecule has 0 aromatic heterocycles. The number of phosphoric ester groups is 1. The Kier molecular flexibility index (Phi) is 42.8. The standard InChI is InChI=1S/C46H92NO8P/c1-3-5-7-9-11-13-15-16-17-18-19-20-21-22-23-24-25-26-27-29-31-33-35-37-39-46(49)55-44(43-54-56(50,51)53-41-40-47)42-52-45(48)38-36-34-32-30-28-14-12-10-8-6-4-2/h44H,3-43,47H2,1-2H3,(H,50,51). The van der Waals surface area contributed by atoms with Gasteiger partial charge in [0.2, 0.25) is 0 Å². The third-order valence-electron chi connectivity index (χ3n) is 10.7. The highest BCUT2D eigenvalue weighted by molar-refractivity contribution is 7.47. The fraction of sp³-hybridized carbons (Fsp3) is 0.957. The van der Waals surface area contributed by atoms with Crippen molar-refractivity contribution in [3.63, 3.8) is 0 Å². The Bertz CT molecular complexity index is 891. The maximum atomic E-state index is 12.6. The van der Waals surface area contributed by atoms with Crippen LogP contribution in [-0.2, 0) is 32.7 Å². The van der Waals surface area contributed by atoms with E-state index in [0.29, 0.717) is 6.42 Å². The summed E-state index contributed by atoms with van der Waals surface area (Å²) in [5.74, 6) is -0.812. The van der Waals surface area contributed by atoms with Gasteiger partial charge in [-0.25, -0.2) is 4.57 Å². The van der Waals surface area contributed by atoms with Crippen molar-refractivity contribution < 1.29 is 37.6 Å². The van der Waals surface area contributed by atoms with Gasteiger partial charge in [-0.3, -0.25) is 18.6 Å². The number of esters is 2. The van der Waals surface area contributed by atoms with E-state index in [-0.39, 0.29) is 38.6 Å². The average Bonchev–Trinajstić information content (AvgIpc) is 3.18. The molecule has 0 aliphatic carbocycles. The summed E-state index contributed by atoms with van der Waals surface area (Å²) in [5.41, 5.74) is 5.35. The van der Waals surface area contributed by atoms with E-state index in [0.717, 1.165) is 32.1 Å². The fourth-order valence-corrected chi connectivity index (χ4v) is 7.93. The van der Waals surface area contributed by atoms with Crippen molar-refractivity contribution in [1.29, 1.82) is 0 Å². The minimum Gasteiger partial charge on any atom is -0.462 e. The van der Waals surface area contributed by atoms with E-state index in [1.165, 1.54) is 186 Å². The smallest absolute Gasteiger partial charge is 0.462 e. The molecule has 0 rings (SSSR count). The quantitative estimate of drug-likeness (QED) is 0.0350. The van der Waals surface area contributed by atoms with E-state index in [1.54, 1.807) is 0 Å². The molecule has 0 saturated heterocycles. The second-order valence-corrected chi connectivity index (χ2v) is 17.8. The minimum absolute atomic E-state index is 0.0581. The van der Waals surface area contributed by atoms with Crippen LogP contribution in [0.4, 0.5) is 0 Å². The summed E-state index contributed by atoms with van der Waals surface area (Å²) < 4.78 is 32.8. The van der Waals surface area contributed by atoms with Crippen LogP contribution in [0.1, 0.15) is 251 Å². The SMILES string of the molecule is CCCCCCCCCCCCCCCCCCCCCCCCCCC(=O)OC(COC(=O)CCCCCCCCCCCCC)COP(=O)(O)OCCN. The van der Waals surface area contributed by atoms with Crippen molar-refractivity contribution in [3.05, 3.63) is 0 Å². The molecule has 0 aromatic carbocycles. The number of nitrogens with two attached hydrogens (primary N) is 1. The van der Waals surface area contributed by atoms with Crippen molar-refractivity contribution in [2.45, 2.75) is 258 Å². The highest BCUT2D eigenvalue weighted by Gasteiger charge is 2.26. The van der Waals surface area contributed by atoms with Gasteiger partial charge < -0.3 is 20.1 Å². The Morgan fingerprint density at radius 3 is 1.09 bits per heavy atom. The summed E-state index contributed by atoms with van der Waals surface area (Å²) in [7, 11) is -4.37. The molecule has 2 atom stereocenters. The molecule has 9 nitrogen and oxygen atoms in total. The molecule has 334 valence electrons. The zero-order valence-corrected chi connectivity index (χ0v) is 37.8. The number of hydrogen-bond donors (Lipinski definition) is 2. The van der Waals surface area contributed by atoms with Crippen molar-refractivity contribution in [2.75, 3.05) is 26.4 Å². The first kappa shape index (κ1) is 55.0. The largest absolute Gasteiger partial charge is 0.472 e. The molecule has 56 heavy (non-hydrogen) atoms. The van der Waals surface area contributed by atoms with E-state index < -0.39 is 26.5 Å². The maximum absolute atomic E-state index is 12.6. The minimum atomic E-state index is -4.37. The van der Waals surface area contributed by atoms with E-state index in [4.69, 9.17) is 24.3 Å². The van der Waals surface area contributed by atoms with Crippen LogP contribution in [0.3, 0.4) is 0 Å². The summed E-state index contributed by atoms with van der Waals surface area (Å²) in [4.78, 5) is 34.9. The fourth-order valence-electron chi connectivity index (χ4n) is 7.17. The molecule has 0 radical (unpaired) electrons. The molecular weight excluding hydrogens is 725 g/mol. The monoisotopic (exact) mass is 818 g/mol.